The Bertz CT molecular complexity index is 223. The first-order valence-electron chi connectivity index (χ1n) is 4.06. The van der Waals surface area contributed by atoms with Crippen LogP contribution in [0.15, 0.2) is 10.7 Å². The van der Waals surface area contributed by atoms with Crippen molar-refractivity contribution in [1.29, 1.82) is 0 Å². The predicted octanol–water partition coefficient (Wildman–Crippen LogP) is 1.18. The lowest BCUT2D eigenvalue weighted by Crippen LogP contribution is -2.13. The minimum atomic E-state index is 0.322. The van der Waals surface area contributed by atoms with E-state index in [1.54, 1.807) is 6.26 Å². The first-order chi connectivity index (χ1) is 5.86. The number of hydrogen-bond acceptors (Lipinski definition) is 4. The summed E-state index contributed by atoms with van der Waals surface area (Å²) in [6.45, 7) is 3.85. The largest absolute Gasteiger partial charge is 0.454 e. The maximum absolute atomic E-state index is 4.97. The van der Waals surface area contributed by atoms with Crippen LogP contribution in [0.3, 0.4) is 0 Å². The quantitative estimate of drug-likeness (QED) is 0.674. The molecule has 1 aromatic heterocycles. The SMILES string of the molecule is CCCNCc1coc(OC)n1. The Hall–Kier alpha value is -1.03. The van der Waals surface area contributed by atoms with Crippen LogP contribution >= 0.6 is 0 Å². The van der Waals surface area contributed by atoms with Crippen molar-refractivity contribution in [2.24, 2.45) is 0 Å². The number of hydrogen-bond donors (Lipinski definition) is 1. The summed E-state index contributed by atoms with van der Waals surface area (Å²) in [4.78, 5) is 4.05. The van der Waals surface area contributed by atoms with Gasteiger partial charge in [0, 0.05) is 6.54 Å². The average Bonchev–Trinajstić information content (AvgIpc) is 2.53. The standard InChI is InChI=1S/C8H14N2O2/c1-3-4-9-5-7-6-12-8(10-7)11-2/h6,9H,3-5H2,1-2H3. The lowest BCUT2D eigenvalue weighted by molar-refractivity contribution is 0.290. The molecule has 0 unspecified atom stereocenters. The fourth-order valence-electron chi connectivity index (χ4n) is 0.857. The highest BCUT2D eigenvalue weighted by Gasteiger charge is 2.01. The van der Waals surface area contributed by atoms with Crippen LogP contribution in [0.4, 0.5) is 0 Å². The molecule has 0 saturated carbocycles. The Morgan fingerprint density at radius 2 is 2.50 bits per heavy atom. The molecule has 0 aliphatic carbocycles. The minimum absolute atomic E-state index is 0.322. The molecule has 4 nitrogen and oxygen atoms in total. The van der Waals surface area contributed by atoms with E-state index in [-0.39, 0.29) is 0 Å². The van der Waals surface area contributed by atoms with Gasteiger partial charge in [0.2, 0.25) is 0 Å². The molecule has 1 heterocycles. The van der Waals surface area contributed by atoms with Crippen molar-refractivity contribution < 1.29 is 9.15 Å². The number of oxazole rings is 1. The number of rotatable bonds is 5. The summed E-state index contributed by atoms with van der Waals surface area (Å²) in [5.74, 6) is 0. The molecular formula is C8H14N2O2. The first-order valence-corrected chi connectivity index (χ1v) is 4.06. The molecule has 0 spiro atoms. The Labute approximate surface area is 71.9 Å². The fraction of sp³-hybridized carbons (Fsp3) is 0.625. The third-order valence-corrected chi connectivity index (χ3v) is 1.44. The van der Waals surface area contributed by atoms with Crippen LogP contribution in [0.5, 0.6) is 6.08 Å². The molecule has 12 heavy (non-hydrogen) atoms. The van der Waals surface area contributed by atoms with E-state index < -0.39 is 0 Å². The topological polar surface area (TPSA) is 47.3 Å². The van der Waals surface area contributed by atoms with Crippen molar-refractivity contribution in [3.05, 3.63) is 12.0 Å². The van der Waals surface area contributed by atoms with Gasteiger partial charge in [0.15, 0.2) is 0 Å². The van der Waals surface area contributed by atoms with Gasteiger partial charge in [0.25, 0.3) is 0 Å². The second kappa shape index (κ2) is 4.77. The zero-order valence-corrected chi connectivity index (χ0v) is 7.46. The van der Waals surface area contributed by atoms with Gasteiger partial charge >= 0.3 is 6.08 Å². The van der Waals surface area contributed by atoms with Crippen molar-refractivity contribution in [2.75, 3.05) is 13.7 Å². The fourth-order valence-corrected chi connectivity index (χ4v) is 0.857. The molecule has 0 radical (unpaired) electrons. The Balaban J connectivity index is 2.31. The number of methoxy groups -OCH3 is 1. The predicted molar refractivity (Wildman–Crippen MR) is 45.1 cm³/mol. The van der Waals surface area contributed by atoms with Crippen LogP contribution in [0.1, 0.15) is 19.0 Å². The second-order valence-electron chi connectivity index (χ2n) is 2.49. The number of ether oxygens (including phenoxy) is 1. The highest BCUT2D eigenvalue weighted by molar-refractivity contribution is 4.98. The zero-order valence-electron chi connectivity index (χ0n) is 7.46. The Morgan fingerprint density at radius 1 is 1.67 bits per heavy atom. The molecule has 0 bridgehead atoms. The molecule has 0 aliphatic rings. The van der Waals surface area contributed by atoms with E-state index >= 15 is 0 Å². The maximum atomic E-state index is 4.97. The normalized spacial score (nSPS) is 10.2. The molecule has 1 rings (SSSR count). The van der Waals surface area contributed by atoms with Gasteiger partial charge in [0.1, 0.15) is 6.26 Å². The van der Waals surface area contributed by atoms with E-state index in [4.69, 9.17) is 9.15 Å². The van der Waals surface area contributed by atoms with Crippen LogP contribution in [0.2, 0.25) is 0 Å². The summed E-state index contributed by atoms with van der Waals surface area (Å²) < 4.78 is 9.77. The third-order valence-electron chi connectivity index (χ3n) is 1.44. The lowest BCUT2D eigenvalue weighted by Gasteiger charge is -1.96. The summed E-state index contributed by atoms with van der Waals surface area (Å²) in [6, 6.07) is 0. The highest BCUT2D eigenvalue weighted by Crippen LogP contribution is 2.08. The molecule has 0 amide bonds. The Kier molecular flexibility index (Phi) is 3.60. The molecule has 0 aromatic carbocycles. The van der Waals surface area contributed by atoms with Crippen molar-refractivity contribution in [3.63, 3.8) is 0 Å². The molecule has 1 aromatic rings. The third kappa shape index (κ3) is 2.54. The van der Waals surface area contributed by atoms with Crippen molar-refractivity contribution in [3.8, 4) is 6.08 Å². The summed E-state index contributed by atoms with van der Waals surface area (Å²) in [7, 11) is 1.54. The van der Waals surface area contributed by atoms with Gasteiger partial charge in [-0.3, -0.25) is 0 Å². The molecule has 4 heteroatoms. The summed E-state index contributed by atoms with van der Waals surface area (Å²) in [5, 5.41) is 3.21. The summed E-state index contributed by atoms with van der Waals surface area (Å²) >= 11 is 0. The van der Waals surface area contributed by atoms with Crippen LogP contribution in [-0.2, 0) is 6.54 Å². The molecule has 0 atom stereocenters. The minimum Gasteiger partial charge on any atom is -0.454 e. The van der Waals surface area contributed by atoms with Gasteiger partial charge in [0.05, 0.1) is 12.8 Å². The first kappa shape index (κ1) is 9.06. The molecule has 0 fully saturated rings. The van der Waals surface area contributed by atoms with E-state index in [9.17, 15) is 0 Å². The summed E-state index contributed by atoms with van der Waals surface area (Å²) in [5.41, 5.74) is 0.875. The van der Waals surface area contributed by atoms with Crippen molar-refractivity contribution >= 4 is 0 Å². The maximum Gasteiger partial charge on any atom is 0.393 e. The van der Waals surface area contributed by atoms with Crippen LogP contribution in [-0.4, -0.2) is 18.6 Å². The van der Waals surface area contributed by atoms with Gasteiger partial charge in [-0.2, -0.15) is 4.98 Å². The van der Waals surface area contributed by atoms with E-state index in [1.165, 1.54) is 7.11 Å². The van der Waals surface area contributed by atoms with Gasteiger partial charge < -0.3 is 14.5 Å². The molecule has 0 aliphatic heterocycles. The molecular weight excluding hydrogens is 156 g/mol. The molecule has 68 valence electrons. The zero-order chi connectivity index (χ0) is 8.81. The van der Waals surface area contributed by atoms with Crippen LogP contribution < -0.4 is 10.1 Å². The van der Waals surface area contributed by atoms with E-state index in [0.29, 0.717) is 6.08 Å². The Morgan fingerprint density at radius 3 is 3.08 bits per heavy atom. The molecule has 1 N–H and O–H groups in total. The summed E-state index contributed by atoms with van der Waals surface area (Å²) in [6.07, 6.45) is 3.04. The van der Waals surface area contributed by atoms with Crippen LogP contribution in [0.25, 0.3) is 0 Å². The van der Waals surface area contributed by atoms with E-state index in [0.717, 1.165) is 25.2 Å². The number of nitrogens with zero attached hydrogens (tertiary/aromatic N) is 1. The highest BCUT2D eigenvalue weighted by atomic mass is 16.6. The van der Waals surface area contributed by atoms with Crippen LogP contribution in [0, 0.1) is 0 Å². The number of aromatic nitrogens is 1. The van der Waals surface area contributed by atoms with Crippen molar-refractivity contribution in [2.45, 2.75) is 19.9 Å². The molecule has 0 saturated heterocycles. The van der Waals surface area contributed by atoms with E-state index in [2.05, 4.69) is 17.2 Å². The lowest BCUT2D eigenvalue weighted by atomic mass is 10.4. The van der Waals surface area contributed by atoms with E-state index in [1.807, 2.05) is 0 Å². The number of nitrogens with one attached hydrogen (secondary N) is 1. The monoisotopic (exact) mass is 170 g/mol. The van der Waals surface area contributed by atoms with Gasteiger partial charge in [-0.1, -0.05) is 6.92 Å². The second-order valence-corrected chi connectivity index (χ2v) is 2.49. The van der Waals surface area contributed by atoms with Gasteiger partial charge in [-0.25, -0.2) is 0 Å². The average molecular weight is 170 g/mol. The van der Waals surface area contributed by atoms with Gasteiger partial charge in [-0.15, -0.1) is 0 Å². The van der Waals surface area contributed by atoms with Crippen molar-refractivity contribution in [1.82, 2.24) is 10.3 Å². The smallest absolute Gasteiger partial charge is 0.393 e. The van der Waals surface area contributed by atoms with Gasteiger partial charge in [-0.05, 0) is 13.0 Å².